The van der Waals surface area contributed by atoms with Crippen molar-refractivity contribution in [2.24, 2.45) is 5.41 Å². The van der Waals surface area contributed by atoms with Crippen LogP contribution in [0.1, 0.15) is 40.0 Å². The summed E-state index contributed by atoms with van der Waals surface area (Å²) in [4.78, 5) is 0. The Labute approximate surface area is 91.0 Å². The van der Waals surface area contributed by atoms with Gasteiger partial charge < -0.3 is 4.43 Å². The highest BCUT2D eigenvalue weighted by Crippen LogP contribution is 2.26. The van der Waals surface area contributed by atoms with Gasteiger partial charge in [0.25, 0.3) is 0 Å². The second kappa shape index (κ2) is 6.26. The highest BCUT2D eigenvalue weighted by Gasteiger charge is 2.25. The van der Waals surface area contributed by atoms with Crippen LogP contribution in [-0.2, 0) is 4.43 Å². The van der Waals surface area contributed by atoms with Gasteiger partial charge in [0.15, 0.2) is 0 Å². The first-order chi connectivity index (χ1) is 6.38. The summed E-state index contributed by atoms with van der Waals surface area (Å²) in [6.45, 7) is 11.1. The summed E-state index contributed by atoms with van der Waals surface area (Å²) >= 11 is 0. The Morgan fingerprint density at radius 3 is 2.29 bits per heavy atom. The fourth-order valence-corrected chi connectivity index (χ4v) is 2.38. The van der Waals surface area contributed by atoms with Crippen LogP contribution in [0.15, 0.2) is 0 Å². The largest absolute Gasteiger partial charge is 0.414 e. The standard InChI is InChI=1S/C12H23OSi/c1-7-8-9-10-11(12(2,3)4)13-14(5)6/h1,11H,8-10H2,2-6H3. The second-order valence-electron chi connectivity index (χ2n) is 4.98. The fourth-order valence-electron chi connectivity index (χ4n) is 1.34. The molecule has 0 saturated carbocycles. The maximum atomic E-state index is 5.99. The van der Waals surface area contributed by atoms with Gasteiger partial charge in [-0.1, -0.05) is 20.8 Å². The average molecular weight is 211 g/mol. The Morgan fingerprint density at radius 2 is 1.93 bits per heavy atom. The number of terminal acetylenes is 1. The van der Waals surface area contributed by atoms with Crippen molar-refractivity contribution in [3.63, 3.8) is 0 Å². The lowest BCUT2D eigenvalue weighted by Gasteiger charge is -2.32. The predicted molar refractivity (Wildman–Crippen MR) is 64.5 cm³/mol. The minimum atomic E-state index is -0.604. The van der Waals surface area contributed by atoms with E-state index >= 15 is 0 Å². The molecule has 0 amide bonds. The van der Waals surface area contributed by atoms with Gasteiger partial charge in [-0.05, 0) is 31.4 Å². The summed E-state index contributed by atoms with van der Waals surface area (Å²) in [6, 6.07) is 0. The predicted octanol–water partition coefficient (Wildman–Crippen LogP) is 3.47. The van der Waals surface area contributed by atoms with Crippen LogP contribution in [0.2, 0.25) is 13.1 Å². The molecule has 0 fully saturated rings. The van der Waals surface area contributed by atoms with Crippen molar-refractivity contribution in [1.82, 2.24) is 0 Å². The maximum Gasteiger partial charge on any atom is 0.205 e. The van der Waals surface area contributed by atoms with Crippen molar-refractivity contribution in [2.75, 3.05) is 0 Å². The molecule has 0 heterocycles. The Bertz CT molecular complexity index is 185. The van der Waals surface area contributed by atoms with E-state index in [2.05, 4.69) is 39.8 Å². The molecule has 1 radical (unpaired) electrons. The molecule has 0 N–H and O–H groups in total. The van der Waals surface area contributed by atoms with Crippen LogP contribution in [0, 0.1) is 17.8 Å². The van der Waals surface area contributed by atoms with E-state index in [0.717, 1.165) is 19.3 Å². The van der Waals surface area contributed by atoms with Crippen LogP contribution < -0.4 is 0 Å². The highest BCUT2D eigenvalue weighted by molar-refractivity contribution is 6.48. The molecule has 0 aromatic carbocycles. The van der Waals surface area contributed by atoms with Crippen LogP contribution in [-0.4, -0.2) is 15.1 Å². The van der Waals surface area contributed by atoms with Crippen LogP contribution in [0.5, 0.6) is 0 Å². The van der Waals surface area contributed by atoms with E-state index in [1.807, 2.05) is 0 Å². The third-order valence-electron chi connectivity index (χ3n) is 2.13. The van der Waals surface area contributed by atoms with Gasteiger partial charge >= 0.3 is 0 Å². The van der Waals surface area contributed by atoms with Gasteiger partial charge in [-0.15, -0.1) is 12.3 Å². The van der Waals surface area contributed by atoms with E-state index in [4.69, 9.17) is 10.8 Å². The first-order valence-electron chi connectivity index (χ1n) is 5.28. The monoisotopic (exact) mass is 211 g/mol. The minimum absolute atomic E-state index is 0.233. The van der Waals surface area contributed by atoms with Gasteiger partial charge in [0.2, 0.25) is 9.04 Å². The van der Waals surface area contributed by atoms with Gasteiger partial charge in [0.05, 0.1) is 0 Å². The number of hydrogen-bond donors (Lipinski definition) is 0. The van der Waals surface area contributed by atoms with E-state index in [9.17, 15) is 0 Å². The molecule has 0 aliphatic carbocycles. The zero-order valence-electron chi connectivity index (χ0n) is 10.2. The molecule has 1 unspecified atom stereocenters. The summed E-state index contributed by atoms with van der Waals surface area (Å²) in [5, 5.41) is 0. The molecule has 0 bridgehead atoms. The topological polar surface area (TPSA) is 9.23 Å². The van der Waals surface area contributed by atoms with E-state index < -0.39 is 9.04 Å². The first-order valence-corrected chi connectivity index (χ1v) is 7.69. The van der Waals surface area contributed by atoms with Gasteiger partial charge in [-0.25, -0.2) is 0 Å². The normalized spacial score (nSPS) is 14.1. The molecule has 1 atom stereocenters. The molecule has 0 saturated heterocycles. The Hall–Kier alpha value is -0.263. The van der Waals surface area contributed by atoms with E-state index in [0.29, 0.717) is 6.10 Å². The molecule has 0 aliphatic rings. The lowest BCUT2D eigenvalue weighted by atomic mass is 9.86. The van der Waals surface area contributed by atoms with Crippen molar-refractivity contribution in [1.29, 1.82) is 0 Å². The van der Waals surface area contributed by atoms with Gasteiger partial charge in [0, 0.05) is 12.5 Å². The van der Waals surface area contributed by atoms with Crippen LogP contribution >= 0.6 is 0 Å². The van der Waals surface area contributed by atoms with Crippen molar-refractivity contribution in [2.45, 2.75) is 59.2 Å². The molecular formula is C12H23OSi. The lowest BCUT2D eigenvalue weighted by molar-refractivity contribution is 0.0770. The maximum absolute atomic E-state index is 5.99. The Kier molecular flexibility index (Phi) is 6.15. The Morgan fingerprint density at radius 1 is 1.36 bits per heavy atom. The molecule has 14 heavy (non-hydrogen) atoms. The lowest BCUT2D eigenvalue weighted by Crippen LogP contribution is -2.33. The molecule has 0 rings (SSSR count). The number of rotatable bonds is 5. The molecule has 81 valence electrons. The smallest absolute Gasteiger partial charge is 0.205 e. The molecular weight excluding hydrogens is 188 g/mol. The fraction of sp³-hybridized carbons (Fsp3) is 0.833. The zero-order valence-corrected chi connectivity index (χ0v) is 11.2. The molecule has 1 nitrogen and oxygen atoms in total. The van der Waals surface area contributed by atoms with Crippen LogP contribution in [0.4, 0.5) is 0 Å². The van der Waals surface area contributed by atoms with Gasteiger partial charge in [-0.2, -0.15) is 0 Å². The molecule has 0 aromatic rings. The van der Waals surface area contributed by atoms with Crippen LogP contribution in [0.3, 0.4) is 0 Å². The summed E-state index contributed by atoms with van der Waals surface area (Å²) in [7, 11) is -0.604. The van der Waals surface area contributed by atoms with Gasteiger partial charge in [0.1, 0.15) is 0 Å². The van der Waals surface area contributed by atoms with E-state index in [-0.39, 0.29) is 5.41 Å². The quantitative estimate of drug-likeness (QED) is 0.384. The minimum Gasteiger partial charge on any atom is -0.414 e. The van der Waals surface area contributed by atoms with Gasteiger partial charge in [-0.3, -0.25) is 0 Å². The SMILES string of the molecule is C#CCCCC(O[Si](C)C)C(C)(C)C. The van der Waals surface area contributed by atoms with Crippen molar-refractivity contribution >= 4 is 9.04 Å². The average Bonchev–Trinajstić information content (AvgIpc) is 2.00. The molecule has 0 spiro atoms. The summed E-state index contributed by atoms with van der Waals surface area (Å²) in [5.41, 5.74) is 0.233. The molecule has 0 aromatic heterocycles. The van der Waals surface area contributed by atoms with Crippen LogP contribution in [0.25, 0.3) is 0 Å². The number of hydrogen-bond acceptors (Lipinski definition) is 1. The summed E-state index contributed by atoms with van der Waals surface area (Å²) < 4.78 is 5.99. The summed E-state index contributed by atoms with van der Waals surface area (Å²) in [6.07, 6.45) is 8.63. The van der Waals surface area contributed by atoms with E-state index in [1.54, 1.807) is 0 Å². The van der Waals surface area contributed by atoms with Crippen molar-refractivity contribution < 1.29 is 4.43 Å². The third kappa shape index (κ3) is 6.23. The molecule has 2 heteroatoms. The molecule has 0 aliphatic heterocycles. The first kappa shape index (κ1) is 13.7. The van der Waals surface area contributed by atoms with Crippen molar-refractivity contribution in [3.8, 4) is 12.3 Å². The highest BCUT2D eigenvalue weighted by atomic mass is 28.3. The summed E-state index contributed by atoms with van der Waals surface area (Å²) in [5.74, 6) is 2.68. The van der Waals surface area contributed by atoms with Crippen molar-refractivity contribution in [3.05, 3.63) is 0 Å². The van der Waals surface area contributed by atoms with E-state index in [1.165, 1.54) is 0 Å². The third-order valence-corrected chi connectivity index (χ3v) is 2.89. The Balaban J connectivity index is 4.07. The second-order valence-corrected chi connectivity index (χ2v) is 7.03. The zero-order chi connectivity index (χ0) is 11.2. The number of unbranched alkanes of at least 4 members (excludes halogenated alkanes) is 1.